The minimum absolute atomic E-state index is 0.142. The Bertz CT molecular complexity index is 408. The molecule has 2 nitrogen and oxygen atoms in total. The van der Waals surface area contributed by atoms with Crippen LogP contribution in [-0.4, -0.2) is 22.2 Å². The van der Waals surface area contributed by atoms with Gasteiger partial charge in [-0.2, -0.15) is 13.2 Å². The Balaban J connectivity index is 2.76. The van der Waals surface area contributed by atoms with Gasteiger partial charge < -0.3 is 5.73 Å². The summed E-state index contributed by atoms with van der Waals surface area (Å²) in [5.41, 5.74) is 5.68. The molecule has 2 atom stereocenters. The van der Waals surface area contributed by atoms with Gasteiger partial charge in [0.15, 0.2) is 0 Å². The van der Waals surface area contributed by atoms with Crippen LogP contribution < -0.4 is 5.73 Å². The van der Waals surface area contributed by atoms with E-state index < -0.39 is 22.2 Å². The Morgan fingerprint density at radius 3 is 2.28 bits per heavy atom. The first-order valence-corrected chi connectivity index (χ1v) is 6.99. The van der Waals surface area contributed by atoms with Crippen molar-refractivity contribution in [2.75, 3.05) is 6.54 Å². The standard InChI is InChI=1S/C11H13ClF3NOS/c12-9-3-1-8(2-4-9)7-18(17)10(5-6-16)11(13,14)15/h1-4,10H,5-7,16H2. The molecular formula is C11H13ClF3NOS. The molecule has 1 aromatic carbocycles. The van der Waals surface area contributed by atoms with Crippen LogP contribution in [0.5, 0.6) is 0 Å². The van der Waals surface area contributed by atoms with Crippen LogP contribution in [0.3, 0.4) is 0 Å². The van der Waals surface area contributed by atoms with Gasteiger partial charge in [-0.05, 0) is 30.7 Å². The maximum absolute atomic E-state index is 12.7. The Hall–Kier alpha value is -0.590. The predicted octanol–water partition coefficient (Wildman–Crippen LogP) is 2.87. The maximum atomic E-state index is 12.7. The summed E-state index contributed by atoms with van der Waals surface area (Å²) in [5.74, 6) is -0.151. The lowest BCUT2D eigenvalue weighted by atomic mass is 10.2. The molecular weight excluding hydrogens is 287 g/mol. The highest BCUT2D eigenvalue weighted by molar-refractivity contribution is 7.84. The minimum atomic E-state index is -4.49. The smallest absolute Gasteiger partial charge is 0.330 e. The van der Waals surface area contributed by atoms with Gasteiger partial charge in [0.05, 0.1) is 0 Å². The average Bonchev–Trinajstić information content (AvgIpc) is 2.27. The molecule has 0 spiro atoms. The molecule has 1 rings (SSSR count). The summed E-state index contributed by atoms with van der Waals surface area (Å²) < 4.78 is 49.7. The summed E-state index contributed by atoms with van der Waals surface area (Å²) in [6, 6.07) is 6.24. The zero-order chi connectivity index (χ0) is 13.8. The van der Waals surface area contributed by atoms with Crippen LogP contribution in [0.15, 0.2) is 24.3 Å². The van der Waals surface area contributed by atoms with E-state index in [9.17, 15) is 17.4 Å². The van der Waals surface area contributed by atoms with Gasteiger partial charge in [-0.3, -0.25) is 4.21 Å². The van der Waals surface area contributed by atoms with E-state index in [0.29, 0.717) is 10.6 Å². The van der Waals surface area contributed by atoms with Gasteiger partial charge in [0, 0.05) is 21.6 Å². The second kappa shape index (κ2) is 6.54. The Kier molecular flexibility index (Phi) is 5.62. The van der Waals surface area contributed by atoms with Crippen LogP contribution in [0, 0.1) is 0 Å². The van der Waals surface area contributed by atoms with Gasteiger partial charge in [0.1, 0.15) is 5.25 Å². The van der Waals surface area contributed by atoms with E-state index in [-0.39, 0.29) is 18.7 Å². The maximum Gasteiger partial charge on any atom is 0.403 e. The summed E-state index contributed by atoms with van der Waals surface area (Å²) in [4.78, 5) is 0. The molecule has 0 fully saturated rings. The van der Waals surface area contributed by atoms with Crippen molar-refractivity contribution in [3.05, 3.63) is 34.9 Å². The fourth-order valence-corrected chi connectivity index (χ4v) is 2.99. The number of hydrogen-bond acceptors (Lipinski definition) is 2. The van der Waals surface area contributed by atoms with E-state index in [1.807, 2.05) is 0 Å². The van der Waals surface area contributed by atoms with Gasteiger partial charge >= 0.3 is 6.18 Å². The van der Waals surface area contributed by atoms with Gasteiger partial charge in [-0.1, -0.05) is 23.7 Å². The van der Waals surface area contributed by atoms with Gasteiger partial charge in [0.2, 0.25) is 0 Å². The third-order valence-corrected chi connectivity index (χ3v) is 4.34. The van der Waals surface area contributed by atoms with E-state index in [4.69, 9.17) is 17.3 Å². The summed E-state index contributed by atoms with van der Waals surface area (Å²) >= 11 is 5.66. The fourth-order valence-electron chi connectivity index (χ4n) is 1.44. The summed E-state index contributed by atoms with van der Waals surface area (Å²) in [5, 5.41) is -1.39. The molecule has 2 N–H and O–H groups in total. The lowest BCUT2D eigenvalue weighted by Gasteiger charge is -2.19. The molecule has 0 saturated heterocycles. The molecule has 102 valence electrons. The van der Waals surface area contributed by atoms with Crippen LogP contribution in [-0.2, 0) is 16.6 Å². The molecule has 0 bridgehead atoms. The van der Waals surface area contributed by atoms with Gasteiger partial charge in [-0.25, -0.2) is 0 Å². The van der Waals surface area contributed by atoms with E-state index in [1.165, 1.54) is 0 Å². The van der Waals surface area contributed by atoms with Crippen molar-refractivity contribution < 1.29 is 17.4 Å². The lowest BCUT2D eigenvalue weighted by molar-refractivity contribution is -0.130. The number of nitrogens with two attached hydrogens (primary N) is 1. The largest absolute Gasteiger partial charge is 0.403 e. The third kappa shape index (κ3) is 4.59. The highest BCUT2D eigenvalue weighted by Gasteiger charge is 2.42. The Morgan fingerprint density at radius 2 is 1.83 bits per heavy atom. The van der Waals surface area contributed by atoms with Gasteiger partial charge in [-0.15, -0.1) is 0 Å². The number of rotatable bonds is 5. The highest BCUT2D eigenvalue weighted by atomic mass is 35.5. The SMILES string of the molecule is NCCC(S(=O)Cc1ccc(Cl)cc1)C(F)(F)F. The zero-order valence-electron chi connectivity index (χ0n) is 9.41. The van der Waals surface area contributed by atoms with E-state index >= 15 is 0 Å². The number of halogens is 4. The first-order chi connectivity index (χ1) is 8.34. The number of hydrogen-bond donors (Lipinski definition) is 1. The van der Waals surface area contributed by atoms with Crippen molar-refractivity contribution in [3.8, 4) is 0 Å². The zero-order valence-corrected chi connectivity index (χ0v) is 11.0. The monoisotopic (exact) mass is 299 g/mol. The molecule has 0 aliphatic rings. The van der Waals surface area contributed by atoms with Crippen molar-refractivity contribution >= 4 is 22.4 Å². The normalized spacial score (nSPS) is 15.4. The van der Waals surface area contributed by atoms with Crippen LogP contribution >= 0.6 is 11.6 Å². The minimum Gasteiger partial charge on any atom is -0.330 e. The van der Waals surface area contributed by atoms with Crippen molar-refractivity contribution in [2.24, 2.45) is 5.73 Å². The molecule has 18 heavy (non-hydrogen) atoms. The molecule has 2 unspecified atom stereocenters. The van der Waals surface area contributed by atoms with Crippen molar-refractivity contribution in [1.82, 2.24) is 0 Å². The third-order valence-electron chi connectivity index (χ3n) is 2.33. The lowest BCUT2D eigenvalue weighted by Crippen LogP contribution is -2.35. The van der Waals surface area contributed by atoms with E-state index in [0.717, 1.165) is 0 Å². The molecule has 0 amide bonds. The number of alkyl halides is 3. The molecule has 0 radical (unpaired) electrons. The summed E-state index contributed by atoms with van der Waals surface area (Å²) in [7, 11) is -2.03. The van der Waals surface area contributed by atoms with E-state index in [2.05, 4.69) is 0 Å². The molecule has 1 aromatic rings. The fraction of sp³-hybridized carbons (Fsp3) is 0.455. The van der Waals surface area contributed by atoms with E-state index in [1.54, 1.807) is 24.3 Å². The topological polar surface area (TPSA) is 43.1 Å². The summed E-state index contributed by atoms with van der Waals surface area (Å²) in [6.07, 6.45) is -4.82. The predicted molar refractivity (Wildman–Crippen MR) is 66.8 cm³/mol. The second-order valence-corrected chi connectivity index (χ2v) is 5.81. The van der Waals surface area contributed by atoms with Gasteiger partial charge in [0.25, 0.3) is 0 Å². The molecule has 7 heteroatoms. The molecule has 0 aliphatic heterocycles. The molecule has 0 heterocycles. The second-order valence-electron chi connectivity index (χ2n) is 3.76. The van der Waals surface area contributed by atoms with Crippen molar-refractivity contribution in [2.45, 2.75) is 23.6 Å². The molecule has 0 saturated carbocycles. The Morgan fingerprint density at radius 1 is 1.28 bits per heavy atom. The van der Waals surface area contributed by atoms with Crippen LogP contribution in [0.4, 0.5) is 13.2 Å². The molecule has 0 aromatic heterocycles. The van der Waals surface area contributed by atoms with Crippen molar-refractivity contribution in [1.29, 1.82) is 0 Å². The quantitative estimate of drug-likeness (QED) is 0.908. The van der Waals surface area contributed by atoms with Crippen LogP contribution in [0.1, 0.15) is 12.0 Å². The van der Waals surface area contributed by atoms with Crippen molar-refractivity contribution in [3.63, 3.8) is 0 Å². The summed E-state index contributed by atoms with van der Waals surface area (Å²) in [6.45, 7) is -0.142. The first kappa shape index (κ1) is 15.5. The van der Waals surface area contributed by atoms with Crippen LogP contribution in [0.2, 0.25) is 5.02 Å². The highest BCUT2D eigenvalue weighted by Crippen LogP contribution is 2.28. The first-order valence-electron chi connectivity index (χ1n) is 5.23. The molecule has 0 aliphatic carbocycles. The van der Waals surface area contributed by atoms with Crippen LogP contribution in [0.25, 0.3) is 0 Å². The Labute approximate surface area is 111 Å². The average molecular weight is 300 g/mol. The number of benzene rings is 1.